The van der Waals surface area contributed by atoms with E-state index in [1.165, 1.54) is 12.3 Å². The Morgan fingerprint density at radius 2 is 2.22 bits per heavy atom. The lowest BCUT2D eigenvalue weighted by molar-refractivity contribution is -0.385. The summed E-state index contributed by atoms with van der Waals surface area (Å²) < 4.78 is 5.43. The number of ether oxygens (including phenoxy) is 1. The molecule has 0 aliphatic rings. The van der Waals surface area contributed by atoms with Gasteiger partial charge in [0.05, 0.1) is 11.5 Å². The summed E-state index contributed by atoms with van der Waals surface area (Å²) in [5, 5.41) is 13.5. The first-order chi connectivity index (χ1) is 8.59. The third kappa shape index (κ3) is 5.58. The van der Waals surface area contributed by atoms with Crippen LogP contribution < -0.4 is 5.32 Å². The molecule has 0 aromatic carbocycles. The maximum atomic E-state index is 10.4. The minimum atomic E-state index is -0.466. The van der Waals surface area contributed by atoms with Crippen LogP contribution >= 0.6 is 0 Å². The van der Waals surface area contributed by atoms with Gasteiger partial charge >= 0.3 is 0 Å². The molecule has 100 valence electrons. The Morgan fingerprint density at radius 1 is 1.44 bits per heavy atom. The Labute approximate surface area is 107 Å². The molecule has 0 aliphatic carbocycles. The lowest BCUT2D eigenvalue weighted by Crippen LogP contribution is -2.11. The fraction of sp³-hybridized carbons (Fsp3) is 0.583. The Balaban J connectivity index is 2.17. The van der Waals surface area contributed by atoms with Crippen LogP contribution in [-0.4, -0.2) is 29.7 Å². The SMILES string of the molecule is CC(C)CCOCCNc1ccc([N+](=O)[O-])cn1. The number of rotatable bonds is 8. The van der Waals surface area contributed by atoms with Gasteiger partial charge in [-0.1, -0.05) is 13.8 Å². The van der Waals surface area contributed by atoms with Gasteiger partial charge in [-0.2, -0.15) is 0 Å². The number of hydrogen-bond donors (Lipinski definition) is 1. The van der Waals surface area contributed by atoms with Crippen LogP contribution in [0.25, 0.3) is 0 Å². The van der Waals surface area contributed by atoms with Gasteiger partial charge in [0.15, 0.2) is 0 Å². The highest BCUT2D eigenvalue weighted by atomic mass is 16.6. The van der Waals surface area contributed by atoms with Crippen LogP contribution in [0, 0.1) is 16.0 Å². The van der Waals surface area contributed by atoms with Crippen molar-refractivity contribution in [1.29, 1.82) is 0 Å². The Kier molecular flexibility index (Phi) is 6.07. The van der Waals surface area contributed by atoms with Crippen LogP contribution in [0.15, 0.2) is 18.3 Å². The van der Waals surface area contributed by atoms with Gasteiger partial charge in [-0.05, 0) is 18.4 Å². The number of pyridine rings is 1. The van der Waals surface area contributed by atoms with Gasteiger partial charge < -0.3 is 10.1 Å². The van der Waals surface area contributed by atoms with Crippen LogP contribution in [-0.2, 0) is 4.74 Å². The number of nitrogens with zero attached hydrogens (tertiary/aromatic N) is 2. The molecule has 0 unspecified atom stereocenters. The van der Waals surface area contributed by atoms with Gasteiger partial charge in [-0.25, -0.2) is 4.98 Å². The van der Waals surface area contributed by atoms with E-state index < -0.39 is 4.92 Å². The molecular weight excluding hydrogens is 234 g/mol. The number of anilines is 1. The highest BCUT2D eigenvalue weighted by molar-refractivity contribution is 5.39. The average Bonchev–Trinajstić information content (AvgIpc) is 2.34. The van der Waals surface area contributed by atoms with E-state index in [1.807, 2.05) is 0 Å². The molecule has 6 heteroatoms. The van der Waals surface area contributed by atoms with Crippen molar-refractivity contribution in [2.45, 2.75) is 20.3 Å². The molecule has 0 amide bonds. The normalized spacial score (nSPS) is 10.6. The number of nitrogens with one attached hydrogen (secondary N) is 1. The van der Waals surface area contributed by atoms with Crippen LogP contribution in [0.3, 0.4) is 0 Å². The van der Waals surface area contributed by atoms with Crippen molar-refractivity contribution in [3.8, 4) is 0 Å². The summed E-state index contributed by atoms with van der Waals surface area (Å²) in [5.74, 6) is 1.27. The second kappa shape index (κ2) is 7.60. The van der Waals surface area contributed by atoms with Crippen molar-refractivity contribution in [1.82, 2.24) is 4.98 Å². The van der Waals surface area contributed by atoms with E-state index in [0.29, 0.717) is 24.9 Å². The smallest absolute Gasteiger partial charge is 0.287 e. The predicted molar refractivity (Wildman–Crippen MR) is 69.7 cm³/mol. The molecule has 0 bridgehead atoms. The third-order valence-electron chi connectivity index (χ3n) is 2.35. The van der Waals surface area contributed by atoms with E-state index >= 15 is 0 Å². The van der Waals surface area contributed by atoms with E-state index in [1.54, 1.807) is 6.07 Å². The van der Waals surface area contributed by atoms with E-state index in [0.717, 1.165) is 13.0 Å². The quantitative estimate of drug-likeness (QED) is 0.437. The standard InChI is InChI=1S/C12H19N3O3/c1-10(2)5-7-18-8-6-13-12-4-3-11(9-14-12)15(16)17/h3-4,9-10H,5-8H2,1-2H3,(H,13,14). The molecule has 1 rings (SSSR count). The zero-order chi connectivity index (χ0) is 13.4. The fourth-order valence-corrected chi connectivity index (χ4v) is 1.27. The molecule has 1 aromatic heterocycles. The lowest BCUT2D eigenvalue weighted by atomic mass is 10.1. The molecule has 0 spiro atoms. The van der Waals surface area contributed by atoms with Crippen molar-refractivity contribution in [3.63, 3.8) is 0 Å². The first kappa shape index (κ1) is 14.4. The topological polar surface area (TPSA) is 77.3 Å². The molecule has 1 N–H and O–H groups in total. The van der Waals surface area contributed by atoms with Gasteiger partial charge in [0.1, 0.15) is 12.0 Å². The lowest BCUT2D eigenvalue weighted by Gasteiger charge is -2.07. The molecule has 0 aliphatic heterocycles. The maximum Gasteiger partial charge on any atom is 0.287 e. The summed E-state index contributed by atoms with van der Waals surface area (Å²) in [6.45, 7) is 6.31. The zero-order valence-electron chi connectivity index (χ0n) is 10.8. The van der Waals surface area contributed by atoms with Gasteiger partial charge in [-0.3, -0.25) is 10.1 Å². The van der Waals surface area contributed by atoms with Crippen molar-refractivity contribution in [3.05, 3.63) is 28.4 Å². The highest BCUT2D eigenvalue weighted by Crippen LogP contribution is 2.11. The second-order valence-corrected chi connectivity index (χ2v) is 4.38. The third-order valence-corrected chi connectivity index (χ3v) is 2.35. The first-order valence-corrected chi connectivity index (χ1v) is 6.01. The van der Waals surface area contributed by atoms with Gasteiger partial charge in [-0.15, -0.1) is 0 Å². The molecule has 1 heterocycles. The van der Waals surface area contributed by atoms with E-state index in [2.05, 4.69) is 24.1 Å². The van der Waals surface area contributed by atoms with Gasteiger partial charge in [0.2, 0.25) is 0 Å². The molecule has 18 heavy (non-hydrogen) atoms. The first-order valence-electron chi connectivity index (χ1n) is 6.01. The highest BCUT2D eigenvalue weighted by Gasteiger charge is 2.04. The number of aromatic nitrogens is 1. The summed E-state index contributed by atoms with van der Waals surface area (Å²) in [6.07, 6.45) is 2.29. The van der Waals surface area contributed by atoms with Crippen molar-refractivity contribution in [2.24, 2.45) is 5.92 Å². The Bertz CT molecular complexity index is 365. The molecule has 0 saturated carbocycles. The van der Waals surface area contributed by atoms with Crippen LogP contribution in [0.1, 0.15) is 20.3 Å². The summed E-state index contributed by atoms with van der Waals surface area (Å²) in [5.41, 5.74) is -0.00580. The Hall–Kier alpha value is -1.69. The molecule has 0 atom stereocenters. The number of hydrogen-bond acceptors (Lipinski definition) is 5. The zero-order valence-corrected chi connectivity index (χ0v) is 10.8. The summed E-state index contributed by atoms with van der Waals surface area (Å²) in [7, 11) is 0. The Morgan fingerprint density at radius 3 is 2.78 bits per heavy atom. The summed E-state index contributed by atoms with van der Waals surface area (Å²) in [6, 6.07) is 3.02. The maximum absolute atomic E-state index is 10.4. The van der Waals surface area contributed by atoms with Crippen LogP contribution in [0.4, 0.5) is 11.5 Å². The van der Waals surface area contributed by atoms with E-state index in [-0.39, 0.29) is 5.69 Å². The molecule has 0 saturated heterocycles. The summed E-state index contributed by atoms with van der Waals surface area (Å²) in [4.78, 5) is 13.9. The second-order valence-electron chi connectivity index (χ2n) is 4.38. The fourth-order valence-electron chi connectivity index (χ4n) is 1.27. The predicted octanol–water partition coefficient (Wildman–Crippen LogP) is 2.46. The van der Waals surface area contributed by atoms with Crippen LogP contribution in [0.5, 0.6) is 0 Å². The molecular formula is C12H19N3O3. The molecule has 1 aromatic rings. The van der Waals surface area contributed by atoms with Crippen LogP contribution in [0.2, 0.25) is 0 Å². The minimum Gasteiger partial charge on any atom is -0.380 e. The monoisotopic (exact) mass is 253 g/mol. The average molecular weight is 253 g/mol. The van der Waals surface area contributed by atoms with Crippen molar-refractivity contribution in [2.75, 3.05) is 25.1 Å². The van der Waals surface area contributed by atoms with Crippen molar-refractivity contribution < 1.29 is 9.66 Å². The number of nitro groups is 1. The summed E-state index contributed by atoms with van der Waals surface area (Å²) >= 11 is 0. The minimum absolute atomic E-state index is 0.00580. The van der Waals surface area contributed by atoms with Gasteiger partial charge in [0.25, 0.3) is 5.69 Å². The largest absolute Gasteiger partial charge is 0.380 e. The molecule has 6 nitrogen and oxygen atoms in total. The molecule has 0 radical (unpaired) electrons. The van der Waals surface area contributed by atoms with E-state index in [9.17, 15) is 10.1 Å². The van der Waals surface area contributed by atoms with E-state index in [4.69, 9.17) is 4.74 Å². The van der Waals surface area contributed by atoms with Gasteiger partial charge in [0, 0.05) is 19.2 Å². The van der Waals surface area contributed by atoms with Crippen molar-refractivity contribution >= 4 is 11.5 Å². The molecule has 0 fully saturated rings.